The number of halogens is 1. The summed E-state index contributed by atoms with van der Waals surface area (Å²) in [7, 11) is 0. The van der Waals surface area contributed by atoms with Gasteiger partial charge in [0.1, 0.15) is 17.9 Å². The Hall–Kier alpha value is -3.82. The Morgan fingerprint density at radius 3 is 2.40 bits per heavy atom. The summed E-state index contributed by atoms with van der Waals surface area (Å²) in [5, 5.41) is 16.0. The van der Waals surface area contributed by atoms with Gasteiger partial charge in [-0.1, -0.05) is 12.1 Å². The van der Waals surface area contributed by atoms with Crippen LogP contribution in [-0.2, 0) is 21.5 Å². The maximum atomic E-state index is 12.9. The Kier molecular flexibility index (Phi) is 5.77. The summed E-state index contributed by atoms with van der Waals surface area (Å²) in [5.74, 6) is -1.50. The van der Waals surface area contributed by atoms with Crippen LogP contribution in [0.15, 0.2) is 48.5 Å². The maximum absolute atomic E-state index is 12.9. The van der Waals surface area contributed by atoms with Gasteiger partial charge in [0.05, 0.1) is 4.92 Å². The number of amides is 4. The molecule has 1 saturated heterocycles. The van der Waals surface area contributed by atoms with Crippen LogP contribution in [0.5, 0.6) is 0 Å². The number of imide groups is 1. The molecule has 0 spiro atoms. The van der Waals surface area contributed by atoms with E-state index in [4.69, 9.17) is 0 Å². The molecule has 1 heterocycles. The lowest BCUT2D eigenvalue weighted by Crippen LogP contribution is -2.43. The highest BCUT2D eigenvalue weighted by molar-refractivity contribution is 6.09. The number of nitro groups is 1. The van der Waals surface area contributed by atoms with Crippen molar-refractivity contribution >= 4 is 23.5 Å². The van der Waals surface area contributed by atoms with Crippen molar-refractivity contribution in [1.29, 1.82) is 0 Å². The number of nitrogens with zero attached hydrogens (tertiary/aromatic N) is 2. The van der Waals surface area contributed by atoms with Crippen LogP contribution in [0.3, 0.4) is 0 Å². The lowest BCUT2D eigenvalue weighted by molar-refractivity contribution is -0.384. The Morgan fingerprint density at radius 2 is 1.80 bits per heavy atom. The van der Waals surface area contributed by atoms with Gasteiger partial charge in [0.2, 0.25) is 5.91 Å². The van der Waals surface area contributed by atoms with Gasteiger partial charge in [-0.05, 0) is 48.7 Å². The number of benzene rings is 2. The molecule has 10 heteroatoms. The van der Waals surface area contributed by atoms with Crippen molar-refractivity contribution in [3.05, 3.63) is 75.6 Å². The highest BCUT2D eigenvalue weighted by Gasteiger charge is 2.49. The third kappa shape index (κ3) is 4.27. The van der Waals surface area contributed by atoms with E-state index in [-0.39, 0.29) is 18.0 Å². The zero-order chi connectivity index (χ0) is 21.9. The molecular weight excluding hydrogens is 395 g/mol. The maximum Gasteiger partial charge on any atom is 0.325 e. The van der Waals surface area contributed by atoms with Crippen molar-refractivity contribution in [3.63, 3.8) is 0 Å². The zero-order valence-corrected chi connectivity index (χ0v) is 16.1. The highest BCUT2D eigenvalue weighted by Crippen LogP contribution is 2.29. The molecule has 156 valence electrons. The first-order valence-corrected chi connectivity index (χ1v) is 9.11. The van der Waals surface area contributed by atoms with Crippen LogP contribution >= 0.6 is 0 Å². The second-order valence-electron chi connectivity index (χ2n) is 6.98. The molecule has 3 rings (SSSR count). The molecule has 0 aliphatic carbocycles. The Morgan fingerprint density at radius 1 is 1.17 bits per heavy atom. The summed E-state index contributed by atoms with van der Waals surface area (Å²) in [5.41, 5.74) is -0.375. The van der Waals surface area contributed by atoms with Gasteiger partial charge < -0.3 is 10.6 Å². The number of rotatable bonds is 7. The second-order valence-corrected chi connectivity index (χ2v) is 6.98. The lowest BCUT2D eigenvalue weighted by atomic mass is 9.92. The Labute approximate surface area is 171 Å². The first-order chi connectivity index (χ1) is 14.2. The monoisotopic (exact) mass is 414 g/mol. The first-order valence-electron chi connectivity index (χ1n) is 9.11. The van der Waals surface area contributed by atoms with E-state index < -0.39 is 34.9 Å². The van der Waals surface area contributed by atoms with Crippen LogP contribution in [0.4, 0.5) is 14.9 Å². The number of nitrogens with one attached hydrogen (secondary N) is 2. The Balaban J connectivity index is 1.60. The molecule has 0 bridgehead atoms. The molecule has 4 amide bonds. The van der Waals surface area contributed by atoms with Crippen LogP contribution in [0, 0.1) is 15.9 Å². The summed E-state index contributed by atoms with van der Waals surface area (Å²) < 4.78 is 12.9. The fraction of sp³-hybridized carbons (Fsp3) is 0.250. The average molecular weight is 414 g/mol. The minimum Gasteiger partial charge on any atom is -0.354 e. The fourth-order valence-electron chi connectivity index (χ4n) is 3.15. The molecule has 1 aliphatic heterocycles. The van der Waals surface area contributed by atoms with Crippen molar-refractivity contribution in [1.82, 2.24) is 15.5 Å². The van der Waals surface area contributed by atoms with E-state index in [2.05, 4.69) is 10.6 Å². The van der Waals surface area contributed by atoms with Crippen molar-refractivity contribution in [2.45, 2.75) is 18.9 Å². The molecule has 1 fully saturated rings. The van der Waals surface area contributed by atoms with Gasteiger partial charge in [0, 0.05) is 18.7 Å². The molecule has 9 nitrogen and oxygen atoms in total. The number of nitro benzene ring substituents is 1. The number of hydrogen-bond acceptors (Lipinski definition) is 5. The van der Waals surface area contributed by atoms with Crippen LogP contribution in [0.25, 0.3) is 0 Å². The van der Waals surface area contributed by atoms with E-state index in [1.807, 2.05) is 0 Å². The molecule has 30 heavy (non-hydrogen) atoms. The van der Waals surface area contributed by atoms with Crippen LogP contribution in [-0.4, -0.2) is 40.8 Å². The van der Waals surface area contributed by atoms with Gasteiger partial charge >= 0.3 is 6.03 Å². The third-order valence-electron chi connectivity index (χ3n) is 4.88. The molecule has 0 unspecified atom stereocenters. The molecule has 0 saturated carbocycles. The Bertz CT molecular complexity index is 993. The normalized spacial score (nSPS) is 18.3. The summed E-state index contributed by atoms with van der Waals surface area (Å²) in [6, 6.07) is 10.4. The van der Waals surface area contributed by atoms with E-state index in [1.165, 1.54) is 43.3 Å². The number of non-ortho nitro benzene ring substituents is 1. The van der Waals surface area contributed by atoms with Gasteiger partial charge in [-0.2, -0.15) is 0 Å². The topological polar surface area (TPSA) is 122 Å². The second kappa shape index (κ2) is 8.27. The van der Waals surface area contributed by atoms with E-state index in [0.717, 1.165) is 10.5 Å². The van der Waals surface area contributed by atoms with Gasteiger partial charge in [-0.3, -0.25) is 24.6 Å². The molecule has 0 radical (unpaired) electrons. The minimum atomic E-state index is -1.43. The van der Waals surface area contributed by atoms with Crippen LogP contribution < -0.4 is 10.6 Å². The van der Waals surface area contributed by atoms with Gasteiger partial charge in [-0.25, -0.2) is 9.18 Å². The number of hydrogen-bond donors (Lipinski definition) is 2. The molecule has 2 aromatic carbocycles. The summed E-state index contributed by atoms with van der Waals surface area (Å²) in [6.07, 6.45) is 0.465. The molecule has 1 aliphatic rings. The lowest BCUT2D eigenvalue weighted by Gasteiger charge is -2.22. The number of carbonyl (C=O) groups excluding carboxylic acids is 3. The predicted molar refractivity (Wildman–Crippen MR) is 104 cm³/mol. The van der Waals surface area contributed by atoms with Crippen molar-refractivity contribution < 1.29 is 23.7 Å². The smallest absolute Gasteiger partial charge is 0.325 e. The summed E-state index contributed by atoms with van der Waals surface area (Å²) in [6.45, 7) is 1.27. The van der Waals surface area contributed by atoms with Gasteiger partial charge in [-0.15, -0.1) is 0 Å². The van der Waals surface area contributed by atoms with Crippen molar-refractivity contribution in [2.24, 2.45) is 0 Å². The van der Waals surface area contributed by atoms with E-state index in [0.29, 0.717) is 12.0 Å². The van der Waals surface area contributed by atoms with Crippen molar-refractivity contribution in [3.8, 4) is 0 Å². The standard InChI is InChI=1S/C20H19FN4O5/c1-20(14-4-8-16(9-5-14)25(29)30)18(27)24(19(28)23-20)12-17(26)22-11-10-13-2-6-15(21)7-3-13/h2-9H,10-12H2,1H3,(H,22,26)(H,23,28)/t20-/m1/s1. The number of carbonyl (C=O) groups is 3. The largest absolute Gasteiger partial charge is 0.354 e. The van der Waals surface area contributed by atoms with Gasteiger partial charge in [0.15, 0.2) is 0 Å². The van der Waals surface area contributed by atoms with Gasteiger partial charge in [0.25, 0.3) is 11.6 Å². The quantitative estimate of drug-likeness (QED) is 0.407. The van der Waals surface area contributed by atoms with Crippen LogP contribution in [0.1, 0.15) is 18.1 Å². The summed E-state index contributed by atoms with van der Waals surface area (Å²) >= 11 is 0. The predicted octanol–water partition coefficient (Wildman–Crippen LogP) is 1.86. The molecule has 2 aromatic rings. The average Bonchev–Trinajstić information content (AvgIpc) is 2.93. The fourth-order valence-corrected chi connectivity index (χ4v) is 3.15. The van der Waals surface area contributed by atoms with E-state index in [1.54, 1.807) is 12.1 Å². The highest BCUT2D eigenvalue weighted by atomic mass is 19.1. The first kappa shape index (κ1) is 20.9. The summed E-state index contributed by atoms with van der Waals surface area (Å²) in [4.78, 5) is 48.3. The number of urea groups is 1. The molecular formula is C20H19FN4O5. The van der Waals surface area contributed by atoms with Crippen molar-refractivity contribution in [2.75, 3.05) is 13.1 Å². The minimum absolute atomic E-state index is 0.142. The molecule has 1 atom stereocenters. The third-order valence-corrected chi connectivity index (χ3v) is 4.88. The zero-order valence-electron chi connectivity index (χ0n) is 16.1. The van der Waals surface area contributed by atoms with E-state index >= 15 is 0 Å². The van der Waals surface area contributed by atoms with Crippen LogP contribution in [0.2, 0.25) is 0 Å². The SMILES string of the molecule is C[C@]1(c2ccc([N+](=O)[O-])cc2)NC(=O)N(CC(=O)NCCc2ccc(F)cc2)C1=O. The molecule has 2 N–H and O–H groups in total. The molecule has 0 aromatic heterocycles. The van der Waals surface area contributed by atoms with E-state index in [9.17, 15) is 28.9 Å².